The average molecular weight is 356 g/mol. The van der Waals surface area contributed by atoms with Crippen molar-refractivity contribution in [3.05, 3.63) is 64.7 Å². The summed E-state index contributed by atoms with van der Waals surface area (Å²) in [4.78, 5) is 23.1. The molecule has 2 aromatic carbocycles. The molecule has 2 rings (SSSR count). The largest absolute Gasteiger partial charge is 0.483 e. The van der Waals surface area contributed by atoms with Crippen molar-refractivity contribution in [2.45, 2.75) is 0 Å². The third-order valence-electron chi connectivity index (χ3n) is 3.04. The normalized spacial score (nSPS) is 10.6. The molecule has 3 N–H and O–H groups in total. The Morgan fingerprint density at radius 2 is 1.96 bits per heavy atom. The summed E-state index contributed by atoms with van der Waals surface area (Å²) in [6.07, 6.45) is 1.33. The van der Waals surface area contributed by atoms with Crippen LogP contribution >= 0.6 is 11.6 Å². The smallest absolute Gasteiger partial charge is 0.266 e. The molecule has 0 heterocycles. The summed E-state index contributed by atoms with van der Waals surface area (Å²) < 4.78 is 5.28. The molecule has 0 aromatic heterocycles. The van der Waals surface area contributed by atoms with Crippen LogP contribution in [0.5, 0.6) is 5.75 Å². The lowest BCUT2D eigenvalue weighted by Gasteiger charge is -2.09. The number of anilines is 1. The summed E-state index contributed by atoms with van der Waals surface area (Å²) in [7, 11) is 0. The second kappa shape index (κ2) is 8.52. The van der Waals surface area contributed by atoms with Crippen LogP contribution in [-0.4, -0.2) is 18.4 Å². The maximum atomic E-state index is 12.3. The second-order valence-corrected chi connectivity index (χ2v) is 5.36. The summed E-state index contributed by atoms with van der Waals surface area (Å²) in [6.45, 7) is -0.333. The van der Waals surface area contributed by atoms with Crippen LogP contribution < -0.4 is 15.8 Å². The monoisotopic (exact) mass is 355 g/mol. The van der Waals surface area contributed by atoms with E-state index in [1.165, 1.54) is 18.2 Å². The van der Waals surface area contributed by atoms with Crippen LogP contribution in [0.15, 0.2) is 54.1 Å². The molecule has 6 nitrogen and oxygen atoms in total. The summed E-state index contributed by atoms with van der Waals surface area (Å²) in [6, 6.07) is 15.2. The Morgan fingerprint density at radius 3 is 2.60 bits per heavy atom. The maximum absolute atomic E-state index is 12.3. The van der Waals surface area contributed by atoms with E-state index in [4.69, 9.17) is 22.1 Å². The first-order valence-corrected chi connectivity index (χ1v) is 7.56. The number of carbonyl (C=O) groups excluding carboxylic acids is 2. The van der Waals surface area contributed by atoms with Gasteiger partial charge in [-0.1, -0.05) is 29.8 Å². The number of nitrogens with one attached hydrogen (secondary N) is 1. The van der Waals surface area contributed by atoms with Crippen molar-refractivity contribution in [3.8, 4) is 11.8 Å². The molecular weight excluding hydrogens is 342 g/mol. The highest BCUT2D eigenvalue weighted by Gasteiger charge is 2.12. The molecule has 0 radical (unpaired) electrons. The predicted molar refractivity (Wildman–Crippen MR) is 94.8 cm³/mol. The van der Waals surface area contributed by atoms with Gasteiger partial charge < -0.3 is 15.8 Å². The van der Waals surface area contributed by atoms with E-state index in [1.807, 2.05) is 12.1 Å². The van der Waals surface area contributed by atoms with Crippen LogP contribution in [0.2, 0.25) is 5.02 Å². The van der Waals surface area contributed by atoms with Gasteiger partial charge in [-0.15, -0.1) is 0 Å². The first-order valence-electron chi connectivity index (χ1n) is 7.18. The van der Waals surface area contributed by atoms with E-state index in [0.717, 1.165) is 0 Å². The van der Waals surface area contributed by atoms with E-state index in [0.29, 0.717) is 16.3 Å². The van der Waals surface area contributed by atoms with E-state index < -0.39 is 11.8 Å². The highest BCUT2D eigenvalue weighted by molar-refractivity contribution is 6.30. The number of carbonyl (C=O) groups is 2. The van der Waals surface area contributed by atoms with E-state index in [9.17, 15) is 14.9 Å². The Bertz CT molecular complexity index is 858. The molecule has 0 aliphatic heterocycles. The minimum absolute atomic E-state index is 0.143. The van der Waals surface area contributed by atoms with E-state index in [1.54, 1.807) is 30.3 Å². The molecule has 0 saturated heterocycles. The summed E-state index contributed by atoms with van der Waals surface area (Å²) in [5.74, 6) is -0.940. The molecule has 0 bridgehead atoms. The number of hydrogen-bond acceptors (Lipinski definition) is 4. The lowest BCUT2D eigenvalue weighted by Crippen LogP contribution is -2.20. The quantitative estimate of drug-likeness (QED) is 0.613. The van der Waals surface area contributed by atoms with Crippen molar-refractivity contribution in [1.29, 1.82) is 5.26 Å². The fraction of sp³-hybridized carbons (Fsp3) is 0.0556. The van der Waals surface area contributed by atoms with Gasteiger partial charge in [-0.25, -0.2) is 0 Å². The van der Waals surface area contributed by atoms with Gasteiger partial charge in [0, 0.05) is 16.3 Å². The minimum atomic E-state index is -0.646. The Hall–Kier alpha value is -3.30. The molecule has 0 unspecified atom stereocenters. The van der Waals surface area contributed by atoms with Crippen molar-refractivity contribution >= 4 is 35.2 Å². The first kappa shape index (κ1) is 18.0. The van der Waals surface area contributed by atoms with Crippen LogP contribution in [0, 0.1) is 11.3 Å². The van der Waals surface area contributed by atoms with Crippen molar-refractivity contribution in [1.82, 2.24) is 0 Å². The number of halogens is 1. The lowest BCUT2D eigenvalue weighted by molar-refractivity contribution is -0.120. The number of ether oxygens (including phenoxy) is 1. The zero-order chi connectivity index (χ0) is 18.2. The zero-order valence-electron chi connectivity index (χ0n) is 13.0. The molecule has 126 valence electrons. The van der Waals surface area contributed by atoms with Gasteiger partial charge in [0.1, 0.15) is 17.4 Å². The number of amides is 2. The van der Waals surface area contributed by atoms with Gasteiger partial charge in [-0.05, 0) is 36.4 Å². The van der Waals surface area contributed by atoms with Gasteiger partial charge >= 0.3 is 0 Å². The molecule has 0 aliphatic rings. The minimum Gasteiger partial charge on any atom is -0.483 e. The zero-order valence-corrected chi connectivity index (χ0v) is 13.8. The van der Waals surface area contributed by atoms with Crippen LogP contribution in [0.25, 0.3) is 6.08 Å². The van der Waals surface area contributed by atoms with Crippen LogP contribution in [0.3, 0.4) is 0 Å². The van der Waals surface area contributed by atoms with Crippen LogP contribution in [0.1, 0.15) is 5.56 Å². The maximum Gasteiger partial charge on any atom is 0.266 e. The van der Waals surface area contributed by atoms with Gasteiger partial charge in [0.15, 0.2) is 6.61 Å². The molecule has 0 aliphatic carbocycles. The number of hydrogen-bond donors (Lipinski definition) is 2. The third-order valence-corrected chi connectivity index (χ3v) is 3.27. The van der Waals surface area contributed by atoms with Crippen LogP contribution in [-0.2, 0) is 9.59 Å². The van der Waals surface area contributed by atoms with Crippen molar-refractivity contribution in [2.24, 2.45) is 5.73 Å². The van der Waals surface area contributed by atoms with Gasteiger partial charge in [-0.3, -0.25) is 9.59 Å². The molecule has 0 spiro atoms. The van der Waals surface area contributed by atoms with Gasteiger partial charge in [0.2, 0.25) is 0 Å². The fourth-order valence-corrected chi connectivity index (χ4v) is 2.12. The Labute approximate surface area is 149 Å². The van der Waals surface area contributed by atoms with Crippen molar-refractivity contribution in [2.75, 3.05) is 11.9 Å². The molecule has 2 amide bonds. The number of benzene rings is 2. The number of nitrogens with two attached hydrogens (primary N) is 1. The molecule has 0 saturated carbocycles. The molecule has 0 fully saturated rings. The predicted octanol–water partition coefficient (Wildman–Crippen LogP) is 2.75. The van der Waals surface area contributed by atoms with Crippen molar-refractivity contribution < 1.29 is 14.3 Å². The van der Waals surface area contributed by atoms with Gasteiger partial charge in [0.05, 0.1) is 0 Å². The topological polar surface area (TPSA) is 105 Å². The molecule has 0 atom stereocenters. The second-order valence-electron chi connectivity index (χ2n) is 4.93. The molecular formula is C18H14ClN3O3. The Kier molecular flexibility index (Phi) is 6.15. The van der Waals surface area contributed by atoms with Gasteiger partial charge in [0.25, 0.3) is 11.8 Å². The fourth-order valence-electron chi connectivity index (χ4n) is 1.94. The Balaban J connectivity index is 2.29. The number of nitriles is 1. The highest BCUT2D eigenvalue weighted by atomic mass is 35.5. The average Bonchev–Trinajstić information content (AvgIpc) is 2.59. The Morgan fingerprint density at radius 1 is 1.24 bits per heavy atom. The molecule has 2 aromatic rings. The van der Waals surface area contributed by atoms with E-state index in [-0.39, 0.29) is 17.9 Å². The summed E-state index contributed by atoms with van der Waals surface area (Å²) in [5.41, 5.74) is 5.86. The number of nitrogens with zero attached hydrogens (tertiary/aromatic N) is 1. The number of rotatable bonds is 6. The highest BCUT2D eigenvalue weighted by Crippen LogP contribution is 2.25. The van der Waals surface area contributed by atoms with Crippen molar-refractivity contribution in [3.63, 3.8) is 0 Å². The van der Waals surface area contributed by atoms with E-state index in [2.05, 4.69) is 5.32 Å². The first-order chi connectivity index (χ1) is 12.0. The van der Waals surface area contributed by atoms with E-state index >= 15 is 0 Å². The third kappa shape index (κ3) is 5.37. The number of para-hydroxylation sites is 1. The summed E-state index contributed by atoms with van der Waals surface area (Å²) in [5, 5.41) is 12.3. The molecule has 7 heteroatoms. The summed E-state index contributed by atoms with van der Waals surface area (Å²) >= 11 is 5.96. The number of primary amides is 1. The van der Waals surface area contributed by atoms with Gasteiger partial charge in [-0.2, -0.15) is 5.26 Å². The van der Waals surface area contributed by atoms with Crippen LogP contribution in [0.4, 0.5) is 5.69 Å². The molecule has 25 heavy (non-hydrogen) atoms. The lowest BCUT2D eigenvalue weighted by atomic mass is 10.1. The standard InChI is InChI=1S/C18H14ClN3O3/c19-14-6-7-16(25-11-17(21)23)12(9-14)8-13(10-20)18(24)22-15-4-2-1-3-5-15/h1-9H,11H2,(H2,21,23)(H,22,24)/b13-8+. The SMILES string of the molecule is N#C/C(=C\c1cc(Cl)ccc1OCC(N)=O)C(=O)Nc1ccccc1.